The Morgan fingerprint density at radius 1 is 1.02 bits per heavy atom. The second kappa shape index (κ2) is 14.5. The lowest BCUT2D eigenvalue weighted by molar-refractivity contribution is -0.162. The van der Waals surface area contributed by atoms with Crippen molar-refractivity contribution >= 4 is 5.97 Å². The van der Waals surface area contributed by atoms with E-state index in [4.69, 9.17) is 9.47 Å². The van der Waals surface area contributed by atoms with Crippen LogP contribution in [0, 0.1) is 6.92 Å². The number of esters is 1. The van der Waals surface area contributed by atoms with Gasteiger partial charge in [0.15, 0.2) is 6.10 Å². The van der Waals surface area contributed by atoms with Gasteiger partial charge in [-0.3, -0.25) is 4.79 Å². The number of hydrogen-bond donors (Lipinski definition) is 2. The molecule has 0 bridgehead atoms. The number of aryl methyl sites for hydroxylation is 1. The fraction of sp³-hybridized carbons (Fsp3) is 0.743. The molecule has 1 aromatic rings. The molecule has 2 heterocycles. The minimum atomic E-state index is -1.08. The van der Waals surface area contributed by atoms with Gasteiger partial charge in [-0.1, -0.05) is 96.1 Å². The standard InChI is InChI=1S/C35H55NO5/c1-5-6-7-8-9-10-11-12-13-14-15-16-17-18-30(38)40-29-21-22-35(39)27(3)36(4)24-23-34(35)31-26(2)19-20-28(25-37)32(31)41-33(29)34/h19-21,27,33,37,39H,5-18,22-25H2,1-4H3/t27-,33+,34+,35-/m1/s1. The molecule has 4 atom stereocenters. The summed E-state index contributed by atoms with van der Waals surface area (Å²) in [7, 11) is 2.05. The SMILES string of the molecule is CCCCCCCCCCCCCCCC(=O)OC1=CC[C@@]2(O)[C@@H](C)N(C)CC[C@@]23c2c(C)ccc(CO)c2O[C@@H]13. The molecule has 230 valence electrons. The van der Waals surface area contributed by atoms with Gasteiger partial charge >= 0.3 is 5.97 Å². The summed E-state index contributed by atoms with van der Waals surface area (Å²) in [4.78, 5) is 15.2. The van der Waals surface area contributed by atoms with Gasteiger partial charge in [0.25, 0.3) is 0 Å². The highest BCUT2D eigenvalue weighted by atomic mass is 16.6. The Hall–Kier alpha value is -1.89. The Labute approximate surface area is 248 Å². The first-order valence-electron chi connectivity index (χ1n) is 16.5. The minimum Gasteiger partial charge on any atom is -0.481 e. The van der Waals surface area contributed by atoms with Crippen molar-refractivity contribution in [2.45, 2.75) is 153 Å². The highest BCUT2D eigenvalue weighted by molar-refractivity contribution is 5.71. The van der Waals surface area contributed by atoms with E-state index in [2.05, 4.69) is 18.7 Å². The number of nitrogens with zero attached hydrogens (tertiary/aromatic N) is 1. The van der Waals surface area contributed by atoms with E-state index in [1.54, 1.807) is 0 Å². The fourth-order valence-corrected chi connectivity index (χ4v) is 7.67. The summed E-state index contributed by atoms with van der Waals surface area (Å²) in [6, 6.07) is 3.79. The number of piperidine rings is 1. The normalized spacial score (nSPS) is 27.0. The van der Waals surface area contributed by atoms with Crippen molar-refractivity contribution in [1.82, 2.24) is 4.90 Å². The first kappa shape index (κ1) is 32.0. The van der Waals surface area contributed by atoms with E-state index in [-0.39, 0.29) is 18.6 Å². The Morgan fingerprint density at radius 2 is 1.63 bits per heavy atom. The molecule has 6 nitrogen and oxygen atoms in total. The quantitative estimate of drug-likeness (QED) is 0.161. The minimum absolute atomic E-state index is 0.107. The number of benzene rings is 1. The van der Waals surface area contributed by atoms with Crippen LogP contribution in [0.2, 0.25) is 0 Å². The summed E-state index contributed by atoms with van der Waals surface area (Å²) in [5, 5.41) is 22.4. The van der Waals surface area contributed by atoms with Crippen molar-refractivity contribution < 1.29 is 24.5 Å². The molecule has 4 rings (SSSR count). The van der Waals surface area contributed by atoms with Crippen molar-refractivity contribution in [2.75, 3.05) is 13.6 Å². The molecule has 0 amide bonds. The van der Waals surface area contributed by atoms with Crippen LogP contribution in [0.25, 0.3) is 0 Å². The zero-order valence-corrected chi connectivity index (χ0v) is 26.2. The Kier molecular flexibility index (Phi) is 11.3. The van der Waals surface area contributed by atoms with Crippen molar-refractivity contribution in [3.63, 3.8) is 0 Å². The van der Waals surface area contributed by atoms with Gasteiger partial charge in [0.1, 0.15) is 11.5 Å². The fourth-order valence-electron chi connectivity index (χ4n) is 7.67. The molecule has 0 unspecified atom stereocenters. The van der Waals surface area contributed by atoms with Gasteiger partial charge in [0, 0.05) is 30.0 Å². The van der Waals surface area contributed by atoms with Crippen molar-refractivity contribution in [1.29, 1.82) is 0 Å². The third-order valence-corrected chi connectivity index (χ3v) is 10.3. The average molecular weight is 570 g/mol. The number of aliphatic hydroxyl groups excluding tert-OH is 1. The van der Waals surface area contributed by atoms with Crippen molar-refractivity contribution in [3.8, 4) is 5.75 Å². The van der Waals surface area contributed by atoms with E-state index >= 15 is 0 Å². The van der Waals surface area contributed by atoms with Crippen LogP contribution >= 0.6 is 0 Å². The van der Waals surface area contributed by atoms with Crippen LogP contribution in [0.5, 0.6) is 5.75 Å². The highest BCUT2D eigenvalue weighted by Crippen LogP contribution is 2.61. The topological polar surface area (TPSA) is 79.2 Å². The zero-order valence-electron chi connectivity index (χ0n) is 26.2. The van der Waals surface area contributed by atoms with E-state index in [0.717, 1.165) is 36.9 Å². The smallest absolute Gasteiger partial charge is 0.310 e. The maximum Gasteiger partial charge on any atom is 0.310 e. The van der Waals surface area contributed by atoms with Gasteiger partial charge in [-0.15, -0.1) is 0 Å². The van der Waals surface area contributed by atoms with E-state index in [9.17, 15) is 15.0 Å². The maximum absolute atomic E-state index is 13.0. The largest absolute Gasteiger partial charge is 0.481 e. The number of ether oxygens (including phenoxy) is 2. The summed E-state index contributed by atoms with van der Waals surface area (Å²) in [6.45, 7) is 7.04. The number of carbonyl (C=O) groups is 1. The van der Waals surface area contributed by atoms with Crippen LogP contribution in [0.1, 0.15) is 133 Å². The van der Waals surface area contributed by atoms with Crippen LogP contribution in [0.15, 0.2) is 24.0 Å². The predicted molar refractivity (Wildman–Crippen MR) is 164 cm³/mol. The summed E-state index contributed by atoms with van der Waals surface area (Å²) in [5.74, 6) is 0.943. The molecule has 1 fully saturated rings. The molecule has 41 heavy (non-hydrogen) atoms. The lowest BCUT2D eigenvalue weighted by Crippen LogP contribution is -2.71. The molecule has 0 saturated carbocycles. The molecule has 1 saturated heterocycles. The number of carbonyl (C=O) groups excluding carboxylic acids is 1. The number of unbranched alkanes of at least 4 members (excludes halogenated alkanes) is 12. The molecular formula is C35H55NO5. The molecule has 1 spiro atoms. The van der Waals surface area contributed by atoms with Gasteiger partial charge < -0.3 is 24.6 Å². The molecule has 6 heteroatoms. The third kappa shape index (κ3) is 6.55. The number of fused-ring (bicyclic) bond motifs is 1. The van der Waals surface area contributed by atoms with E-state index in [1.165, 1.54) is 64.2 Å². The van der Waals surface area contributed by atoms with Gasteiger partial charge in [0.05, 0.1) is 17.6 Å². The van der Waals surface area contributed by atoms with E-state index in [0.29, 0.717) is 36.3 Å². The van der Waals surface area contributed by atoms with Gasteiger partial charge in [-0.25, -0.2) is 0 Å². The number of aliphatic hydroxyl groups is 2. The van der Waals surface area contributed by atoms with E-state index in [1.807, 2.05) is 32.2 Å². The van der Waals surface area contributed by atoms with Gasteiger partial charge in [-0.05, 0) is 51.9 Å². The number of hydrogen-bond acceptors (Lipinski definition) is 6. The first-order valence-corrected chi connectivity index (χ1v) is 16.5. The van der Waals surface area contributed by atoms with Crippen LogP contribution in [-0.2, 0) is 21.6 Å². The number of likely N-dealkylation sites (N-methyl/N-ethyl adjacent to an activating group) is 1. The molecule has 0 aromatic heterocycles. The Morgan fingerprint density at radius 3 is 2.24 bits per heavy atom. The van der Waals surface area contributed by atoms with Crippen LogP contribution in [-0.4, -0.2) is 52.4 Å². The maximum atomic E-state index is 13.0. The Bertz CT molecular complexity index is 1050. The number of likely N-dealkylation sites (tertiary alicyclic amines) is 1. The van der Waals surface area contributed by atoms with Crippen LogP contribution in [0.4, 0.5) is 0 Å². The molecule has 0 radical (unpaired) electrons. The predicted octanol–water partition coefficient (Wildman–Crippen LogP) is 7.25. The van der Waals surface area contributed by atoms with Gasteiger partial charge in [-0.2, -0.15) is 0 Å². The summed E-state index contributed by atoms with van der Waals surface area (Å²) < 4.78 is 12.6. The molecule has 1 aliphatic carbocycles. The van der Waals surface area contributed by atoms with Crippen LogP contribution in [0.3, 0.4) is 0 Å². The Balaban J connectivity index is 1.30. The molecule has 1 aromatic carbocycles. The molecule has 2 aliphatic heterocycles. The lowest BCUT2D eigenvalue weighted by Gasteiger charge is -2.58. The highest BCUT2D eigenvalue weighted by Gasteiger charge is 2.69. The second-order valence-electron chi connectivity index (χ2n) is 13.0. The lowest BCUT2D eigenvalue weighted by atomic mass is 9.54. The monoisotopic (exact) mass is 569 g/mol. The summed E-state index contributed by atoms with van der Waals surface area (Å²) >= 11 is 0. The molecule has 3 aliphatic rings. The van der Waals surface area contributed by atoms with Crippen molar-refractivity contribution in [2.24, 2.45) is 0 Å². The third-order valence-electron chi connectivity index (χ3n) is 10.3. The van der Waals surface area contributed by atoms with Gasteiger partial charge in [0.2, 0.25) is 0 Å². The average Bonchev–Trinajstić information content (AvgIpc) is 3.33. The van der Waals surface area contributed by atoms with Crippen molar-refractivity contribution in [3.05, 3.63) is 40.7 Å². The molecular weight excluding hydrogens is 514 g/mol. The molecule has 2 N–H and O–H groups in total. The number of rotatable bonds is 16. The summed E-state index contributed by atoms with van der Waals surface area (Å²) in [6.07, 6.45) is 19.2. The first-order chi connectivity index (χ1) is 19.8. The van der Waals surface area contributed by atoms with E-state index < -0.39 is 17.1 Å². The summed E-state index contributed by atoms with van der Waals surface area (Å²) in [5.41, 5.74) is 0.897. The van der Waals surface area contributed by atoms with Crippen LogP contribution < -0.4 is 4.74 Å². The zero-order chi connectivity index (χ0) is 29.5. The second-order valence-corrected chi connectivity index (χ2v) is 13.0.